The SMILES string of the molecule is CCNC(CC1CC1)c1cc(C)ccc1OC. The maximum Gasteiger partial charge on any atom is 0.123 e. The summed E-state index contributed by atoms with van der Waals surface area (Å²) >= 11 is 0. The van der Waals surface area contributed by atoms with Crippen LogP contribution in [0.3, 0.4) is 0 Å². The van der Waals surface area contributed by atoms with E-state index < -0.39 is 0 Å². The number of nitrogens with one attached hydrogen (secondary N) is 1. The highest BCUT2D eigenvalue weighted by Gasteiger charge is 2.27. The van der Waals surface area contributed by atoms with Crippen LogP contribution in [0.15, 0.2) is 18.2 Å². The minimum atomic E-state index is 0.447. The van der Waals surface area contributed by atoms with E-state index in [0.717, 1.165) is 18.2 Å². The zero-order valence-corrected chi connectivity index (χ0v) is 11.1. The van der Waals surface area contributed by atoms with Gasteiger partial charge >= 0.3 is 0 Å². The van der Waals surface area contributed by atoms with Gasteiger partial charge in [0.05, 0.1) is 7.11 Å². The van der Waals surface area contributed by atoms with Gasteiger partial charge in [-0.3, -0.25) is 0 Å². The molecule has 1 aliphatic rings. The molecule has 0 saturated heterocycles. The van der Waals surface area contributed by atoms with Gasteiger partial charge < -0.3 is 10.1 Å². The molecule has 0 amide bonds. The Bertz CT molecular complexity index is 371. The minimum Gasteiger partial charge on any atom is -0.496 e. The lowest BCUT2D eigenvalue weighted by molar-refractivity contribution is 0.392. The van der Waals surface area contributed by atoms with E-state index in [1.165, 1.54) is 30.4 Å². The molecule has 1 aromatic rings. The normalized spacial score (nSPS) is 16.9. The van der Waals surface area contributed by atoms with Crippen molar-refractivity contribution in [3.8, 4) is 5.75 Å². The van der Waals surface area contributed by atoms with Gasteiger partial charge in [-0.15, -0.1) is 0 Å². The summed E-state index contributed by atoms with van der Waals surface area (Å²) in [5, 5.41) is 3.59. The smallest absolute Gasteiger partial charge is 0.123 e. The Kier molecular flexibility index (Phi) is 4.06. The highest BCUT2D eigenvalue weighted by atomic mass is 16.5. The quantitative estimate of drug-likeness (QED) is 0.812. The van der Waals surface area contributed by atoms with Gasteiger partial charge in [0.15, 0.2) is 0 Å². The van der Waals surface area contributed by atoms with Gasteiger partial charge in [-0.1, -0.05) is 37.5 Å². The molecular formula is C15H23NO. The number of benzene rings is 1. The van der Waals surface area contributed by atoms with Crippen LogP contribution in [0.25, 0.3) is 0 Å². The van der Waals surface area contributed by atoms with Crippen molar-refractivity contribution in [1.29, 1.82) is 0 Å². The molecule has 1 fully saturated rings. The van der Waals surface area contributed by atoms with Gasteiger partial charge in [0.2, 0.25) is 0 Å². The first-order chi connectivity index (χ1) is 8.24. The lowest BCUT2D eigenvalue weighted by atomic mass is 9.98. The Morgan fingerprint density at radius 3 is 2.76 bits per heavy atom. The van der Waals surface area contributed by atoms with Crippen LogP contribution >= 0.6 is 0 Å². The molecule has 0 aromatic heterocycles. The molecule has 0 radical (unpaired) electrons. The second-order valence-corrected chi connectivity index (χ2v) is 5.03. The monoisotopic (exact) mass is 233 g/mol. The molecule has 2 nitrogen and oxygen atoms in total. The van der Waals surface area contributed by atoms with Gasteiger partial charge in [-0.2, -0.15) is 0 Å². The molecule has 2 heteroatoms. The van der Waals surface area contributed by atoms with E-state index in [1.54, 1.807) is 7.11 Å². The molecular weight excluding hydrogens is 210 g/mol. The van der Waals surface area contributed by atoms with Crippen LogP contribution in [-0.4, -0.2) is 13.7 Å². The highest BCUT2D eigenvalue weighted by Crippen LogP contribution is 2.39. The average Bonchev–Trinajstić information content (AvgIpc) is 3.12. The summed E-state index contributed by atoms with van der Waals surface area (Å²) in [7, 11) is 1.76. The fourth-order valence-electron chi connectivity index (χ4n) is 2.38. The average molecular weight is 233 g/mol. The van der Waals surface area contributed by atoms with E-state index in [-0.39, 0.29) is 0 Å². The summed E-state index contributed by atoms with van der Waals surface area (Å²) in [4.78, 5) is 0. The van der Waals surface area contributed by atoms with Gasteiger partial charge in [0.25, 0.3) is 0 Å². The standard InChI is InChI=1S/C15H23NO/c1-4-16-14(10-12-6-7-12)13-9-11(2)5-8-15(13)17-3/h5,8-9,12,14,16H,4,6-7,10H2,1-3H3. The zero-order chi connectivity index (χ0) is 12.3. The molecule has 1 aliphatic carbocycles. The first kappa shape index (κ1) is 12.4. The summed E-state index contributed by atoms with van der Waals surface area (Å²) in [6.07, 6.45) is 4.04. The van der Waals surface area contributed by atoms with Crippen molar-refractivity contribution in [1.82, 2.24) is 5.32 Å². The highest BCUT2D eigenvalue weighted by molar-refractivity contribution is 5.39. The van der Waals surface area contributed by atoms with E-state index in [4.69, 9.17) is 4.74 Å². The molecule has 17 heavy (non-hydrogen) atoms. The summed E-state index contributed by atoms with van der Waals surface area (Å²) < 4.78 is 5.49. The molecule has 1 unspecified atom stereocenters. The van der Waals surface area contributed by atoms with E-state index in [9.17, 15) is 0 Å². The first-order valence-corrected chi connectivity index (χ1v) is 6.62. The third-order valence-electron chi connectivity index (χ3n) is 3.48. The van der Waals surface area contributed by atoms with Crippen LogP contribution in [0, 0.1) is 12.8 Å². The van der Waals surface area contributed by atoms with Crippen molar-refractivity contribution in [3.63, 3.8) is 0 Å². The molecule has 2 rings (SSSR count). The largest absolute Gasteiger partial charge is 0.496 e. The minimum absolute atomic E-state index is 0.447. The molecule has 94 valence electrons. The number of methoxy groups -OCH3 is 1. The molecule has 0 aliphatic heterocycles. The predicted molar refractivity (Wildman–Crippen MR) is 71.5 cm³/mol. The van der Waals surface area contributed by atoms with Crippen molar-refractivity contribution >= 4 is 0 Å². The van der Waals surface area contributed by atoms with Crippen LogP contribution in [0.2, 0.25) is 0 Å². The van der Waals surface area contributed by atoms with E-state index >= 15 is 0 Å². The van der Waals surface area contributed by atoms with Crippen molar-refractivity contribution in [2.75, 3.05) is 13.7 Å². The third kappa shape index (κ3) is 3.22. The number of rotatable bonds is 6. The lowest BCUT2D eigenvalue weighted by Crippen LogP contribution is -2.22. The van der Waals surface area contributed by atoms with Crippen molar-refractivity contribution in [2.24, 2.45) is 5.92 Å². The van der Waals surface area contributed by atoms with Crippen LogP contribution in [0.1, 0.15) is 43.4 Å². The van der Waals surface area contributed by atoms with Crippen LogP contribution in [0.5, 0.6) is 5.75 Å². The maximum atomic E-state index is 5.49. The second-order valence-electron chi connectivity index (χ2n) is 5.03. The molecule has 1 aromatic carbocycles. The molecule has 0 spiro atoms. The number of aryl methyl sites for hydroxylation is 1. The number of ether oxygens (including phenoxy) is 1. The predicted octanol–water partition coefficient (Wildman–Crippen LogP) is 3.45. The fourth-order valence-corrected chi connectivity index (χ4v) is 2.38. The first-order valence-electron chi connectivity index (χ1n) is 6.62. The van der Waals surface area contributed by atoms with Crippen LogP contribution < -0.4 is 10.1 Å². The van der Waals surface area contributed by atoms with E-state index in [2.05, 4.69) is 37.4 Å². The summed E-state index contributed by atoms with van der Waals surface area (Å²) in [5.41, 5.74) is 2.63. The van der Waals surface area contributed by atoms with Crippen LogP contribution in [-0.2, 0) is 0 Å². The van der Waals surface area contributed by atoms with Gasteiger partial charge in [0.1, 0.15) is 5.75 Å². The Balaban J connectivity index is 2.22. The molecule has 1 N–H and O–H groups in total. The molecule has 0 heterocycles. The van der Waals surface area contributed by atoms with Crippen molar-refractivity contribution in [3.05, 3.63) is 29.3 Å². The fraction of sp³-hybridized carbons (Fsp3) is 0.600. The molecule has 1 saturated carbocycles. The van der Waals surface area contributed by atoms with Crippen molar-refractivity contribution < 1.29 is 4.74 Å². The van der Waals surface area contributed by atoms with Gasteiger partial charge in [-0.05, 0) is 31.9 Å². The van der Waals surface area contributed by atoms with Crippen LogP contribution in [0.4, 0.5) is 0 Å². The number of hydrogen-bond donors (Lipinski definition) is 1. The molecule has 1 atom stereocenters. The summed E-state index contributed by atoms with van der Waals surface area (Å²) in [5.74, 6) is 1.94. The van der Waals surface area contributed by atoms with Gasteiger partial charge in [0, 0.05) is 11.6 Å². The summed E-state index contributed by atoms with van der Waals surface area (Å²) in [6.45, 7) is 5.32. The summed E-state index contributed by atoms with van der Waals surface area (Å²) in [6, 6.07) is 6.90. The Labute approximate surface area is 104 Å². The van der Waals surface area contributed by atoms with E-state index in [0.29, 0.717) is 6.04 Å². The lowest BCUT2D eigenvalue weighted by Gasteiger charge is -2.21. The van der Waals surface area contributed by atoms with Crippen molar-refractivity contribution in [2.45, 2.75) is 39.2 Å². The topological polar surface area (TPSA) is 21.3 Å². The second kappa shape index (κ2) is 5.54. The Hall–Kier alpha value is -1.02. The van der Waals surface area contributed by atoms with E-state index in [1.807, 2.05) is 0 Å². The molecule has 0 bridgehead atoms. The number of hydrogen-bond acceptors (Lipinski definition) is 2. The Morgan fingerprint density at radius 1 is 1.41 bits per heavy atom. The third-order valence-corrected chi connectivity index (χ3v) is 3.48. The van der Waals surface area contributed by atoms with Gasteiger partial charge in [-0.25, -0.2) is 0 Å². The maximum absolute atomic E-state index is 5.49. The Morgan fingerprint density at radius 2 is 2.18 bits per heavy atom. The zero-order valence-electron chi connectivity index (χ0n) is 11.1.